The van der Waals surface area contributed by atoms with Gasteiger partial charge in [0.25, 0.3) is 5.91 Å². The summed E-state index contributed by atoms with van der Waals surface area (Å²) in [7, 11) is 3.85. The second-order valence-corrected chi connectivity index (χ2v) is 4.83. The van der Waals surface area contributed by atoms with Crippen LogP contribution in [0.3, 0.4) is 0 Å². The van der Waals surface area contributed by atoms with Crippen molar-refractivity contribution in [3.05, 3.63) is 23.9 Å². The maximum atomic E-state index is 12.3. The van der Waals surface area contributed by atoms with Crippen molar-refractivity contribution >= 4 is 36.5 Å². The summed E-state index contributed by atoms with van der Waals surface area (Å²) in [5.74, 6) is 0.893. The number of nitrogens with zero attached hydrogens (tertiary/aromatic N) is 3. The molecular formula is C13H22Cl2N4O. The van der Waals surface area contributed by atoms with Crippen LogP contribution in [0.2, 0.25) is 0 Å². The summed E-state index contributed by atoms with van der Waals surface area (Å²) in [5.41, 5.74) is 6.33. The van der Waals surface area contributed by atoms with Crippen LogP contribution in [0.15, 0.2) is 18.3 Å². The monoisotopic (exact) mass is 320 g/mol. The summed E-state index contributed by atoms with van der Waals surface area (Å²) in [6.07, 6.45) is 3.69. The van der Waals surface area contributed by atoms with Gasteiger partial charge in [0.2, 0.25) is 0 Å². The van der Waals surface area contributed by atoms with Crippen LogP contribution in [0.4, 0.5) is 5.82 Å². The van der Waals surface area contributed by atoms with Crippen molar-refractivity contribution in [3.63, 3.8) is 0 Å². The summed E-state index contributed by atoms with van der Waals surface area (Å²) in [4.78, 5) is 20.4. The standard InChI is InChI=1S/C13H20N4O.2ClH/c1-16(2)12-6-5-10(9-15-12)13(18)17-7-3-4-11(17)8-14;;/h5-6,9,11H,3-4,7-8,14H2,1-2H3;2*1H. The number of pyridine rings is 1. The van der Waals surface area contributed by atoms with Crippen molar-refractivity contribution in [2.24, 2.45) is 5.73 Å². The van der Waals surface area contributed by atoms with Crippen LogP contribution < -0.4 is 10.6 Å². The molecule has 1 atom stereocenters. The Morgan fingerprint density at radius 3 is 2.65 bits per heavy atom. The summed E-state index contributed by atoms with van der Waals surface area (Å²) < 4.78 is 0. The van der Waals surface area contributed by atoms with Crippen LogP contribution in [0.5, 0.6) is 0 Å². The molecule has 1 aromatic rings. The van der Waals surface area contributed by atoms with Gasteiger partial charge in [-0.2, -0.15) is 0 Å². The van der Waals surface area contributed by atoms with E-state index in [-0.39, 0.29) is 36.8 Å². The molecule has 1 fully saturated rings. The van der Waals surface area contributed by atoms with Gasteiger partial charge in [-0.15, -0.1) is 24.8 Å². The van der Waals surface area contributed by atoms with E-state index >= 15 is 0 Å². The Bertz CT molecular complexity index is 425. The van der Waals surface area contributed by atoms with Crippen molar-refractivity contribution in [2.75, 3.05) is 32.1 Å². The molecule has 7 heteroatoms. The molecule has 0 radical (unpaired) electrons. The van der Waals surface area contributed by atoms with E-state index in [1.165, 1.54) is 0 Å². The Kier molecular flexibility index (Phi) is 7.86. The Labute approximate surface area is 132 Å². The fraction of sp³-hybridized carbons (Fsp3) is 0.538. The van der Waals surface area contributed by atoms with Crippen molar-refractivity contribution in [1.82, 2.24) is 9.88 Å². The first-order valence-electron chi connectivity index (χ1n) is 6.28. The minimum Gasteiger partial charge on any atom is -0.363 e. The predicted molar refractivity (Wildman–Crippen MR) is 86.2 cm³/mol. The molecular weight excluding hydrogens is 299 g/mol. The van der Waals surface area contributed by atoms with Crippen LogP contribution in [0.1, 0.15) is 23.2 Å². The van der Waals surface area contributed by atoms with Crippen molar-refractivity contribution in [2.45, 2.75) is 18.9 Å². The van der Waals surface area contributed by atoms with E-state index in [1.807, 2.05) is 36.0 Å². The quantitative estimate of drug-likeness (QED) is 0.918. The number of carbonyl (C=O) groups excluding carboxylic acids is 1. The molecule has 1 saturated heterocycles. The molecule has 1 aliphatic heterocycles. The molecule has 0 saturated carbocycles. The SMILES string of the molecule is CN(C)c1ccc(C(=O)N2CCCC2CN)cn1.Cl.Cl. The van der Waals surface area contributed by atoms with Gasteiger partial charge in [0.05, 0.1) is 5.56 Å². The number of halogens is 2. The fourth-order valence-electron chi connectivity index (χ4n) is 2.29. The lowest BCUT2D eigenvalue weighted by molar-refractivity contribution is 0.0741. The molecule has 5 nitrogen and oxygen atoms in total. The molecule has 20 heavy (non-hydrogen) atoms. The minimum atomic E-state index is 0. The molecule has 0 bridgehead atoms. The lowest BCUT2D eigenvalue weighted by Crippen LogP contribution is -2.39. The number of likely N-dealkylation sites (tertiary alicyclic amines) is 1. The maximum Gasteiger partial charge on any atom is 0.255 e. The highest BCUT2D eigenvalue weighted by Crippen LogP contribution is 2.19. The van der Waals surface area contributed by atoms with Gasteiger partial charge in [-0.25, -0.2) is 4.98 Å². The number of amides is 1. The molecule has 0 aliphatic carbocycles. The predicted octanol–water partition coefficient (Wildman–Crippen LogP) is 1.55. The lowest BCUT2D eigenvalue weighted by atomic mass is 10.2. The highest BCUT2D eigenvalue weighted by Gasteiger charge is 2.28. The first-order valence-corrected chi connectivity index (χ1v) is 6.28. The van der Waals surface area contributed by atoms with Crippen LogP contribution >= 0.6 is 24.8 Å². The van der Waals surface area contributed by atoms with Crippen LogP contribution in [0.25, 0.3) is 0 Å². The topological polar surface area (TPSA) is 62.5 Å². The first kappa shape index (κ1) is 19.0. The molecule has 1 aliphatic rings. The number of anilines is 1. The Morgan fingerprint density at radius 2 is 2.15 bits per heavy atom. The van der Waals surface area contributed by atoms with E-state index < -0.39 is 0 Å². The van der Waals surface area contributed by atoms with Crippen molar-refractivity contribution in [1.29, 1.82) is 0 Å². The fourth-order valence-corrected chi connectivity index (χ4v) is 2.29. The van der Waals surface area contributed by atoms with Gasteiger partial charge in [-0.05, 0) is 25.0 Å². The Balaban J connectivity index is 0.00000180. The van der Waals surface area contributed by atoms with Gasteiger partial charge in [0, 0.05) is 39.4 Å². The number of hydrogen-bond acceptors (Lipinski definition) is 4. The Morgan fingerprint density at radius 1 is 1.45 bits per heavy atom. The average Bonchev–Trinajstić information content (AvgIpc) is 2.86. The van der Waals surface area contributed by atoms with E-state index in [9.17, 15) is 4.79 Å². The van der Waals surface area contributed by atoms with E-state index in [0.717, 1.165) is 25.2 Å². The maximum absolute atomic E-state index is 12.3. The zero-order valence-electron chi connectivity index (χ0n) is 11.8. The number of carbonyl (C=O) groups is 1. The van der Waals surface area contributed by atoms with Crippen LogP contribution in [-0.4, -0.2) is 49.0 Å². The van der Waals surface area contributed by atoms with Crippen LogP contribution in [-0.2, 0) is 0 Å². The van der Waals surface area contributed by atoms with Crippen molar-refractivity contribution in [3.8, 4) is 0 Å². The molecule has 0 spiro atoms. The molecule has 2 heterocycles. The zero-order chi connectivity index (χ0) is 13.1. The van der Waals surface area contributed by atoms with E-state index in [0.29, 0.717) is 12.1 Å². The molecule has 1 amide bonds. The highest BCUT2D eigenvalue weighted by molar-refractivity contribution is 5.94. The number of aromatic nitrogens is 1. The minimum absolute atomic E-state index is 0. The van der Waals surface area contributed by atoms with Crippen molar-refractivity contribution < 1.29 is 4.79 Å². The molecule has 2 N–H and O–H groups in total. The van der Waals surface area contributed by atoms with E-state index in [1.54, 1.807) is 6.20 Å². The Hall–Kier alpha value is -1.04. The molecule has 0 aromatic carbocycles. The third-order valence-corrected chi connectivity index (χ3v) is 3.36. The van der Waals surface area contributed by atoms with E-state index in [2.05, 4.69) is 4.98 Å². The third kappa shape index (κ3) is 3.98. The summed E-state index contributed by atoms with van der Waals surface area (Å²) >= 11 is 0. The number of nitrogens with two attached hydrogens (primary N) is 1. The second-order valence-electron chi connectivity index (χ2n) is 4.83. The van der Waals surface area contributed by atoms with Gasteiger partial charge < -0.3 is 15.5 Å². The van der Waals surface area contributed by atoms with Crippen LogP contribution in [0, 0.1) is 0 Å². The highest BCUT2D eigenvalue weighted by atomic mass is 35.5. The smallest absolute Gasteiger partial charge is 0.255 e. The summed E-state index contributed by atoms with van der Waals surface area (Å²) in [6, 6.07) is 3.88. The molecule has 114 valence electrons. The summed E-state index contributed by atoms with van der Waals surface area (Å²) in [6.45, 7) is 1.34. The largest absolute Gasteiger partial charge is 0.363 e. The van der Waals surface area contributed by atoms with Gasteiger partial charge in [0.1, 0.15) is 5.82 Å². The van der Waals surface area contributed by atoms with Gasteiger partial charge in [-0.1, -0.05) is 0 Å². The van der Waals surface area contributed by atoms with E-state index in [4.69, 9.17) is 5.73 Å². The average molecular weight is 321 g/mol. The van der Waals surface area contributed by atoms with Gasteiger partial charge in [0.15, 0.2) is 0 Å². The zero-order valence-corrected chi connectivity index (χ0v) is 13.4. The second kappa shape index (κ2) is 8.29. The number of hydrogen-bond donors (Lipinski definition) is 1. The molecule has 1 unspecified atom stereocenters. The molecule has 1 aromatic heterocycles. The van der Waals surface area contributed by atoms with Gasteiger partial charge >= 0.3 is 0 Å². The number of rotatable bonds is 3. The van der Waals surface area contributed by atoms with Gasteiger partial charge in [-0.3, -0.25) is 4.79 Å². The lowest BCUT2D eigenvalue weighted by Gasteiger charge is -2.23. The summed E-state index contributed by atoms with van der Waals surface area (Å²) in [5, 5.41) is 0. The first-order chi connectivity index (χ1) is 8.63. The molecule has 2 rings (SSSR count). The normalized spacial score (nSPS) is 17.1. The third-order valence-electron chi connectivity index (χ3n) is 3.36.